The molecular weight excluding hydrogens is 304 g/mol. The van der Waals surface area contributed by atoms with Gasteiger partial charge in [0, 0.05) is 26.8 Å². The summed E-state index contributed by atoms with van der Waals surface area (Å²) >= 11 is 9.33. The molecule has 0 spiro atoms. The van der Waals surface area contributed by atoms with Gasteiger partial charge in [-0.05, 0) is 31.2 Å². The summed E-state index contributed by atoms with van der Waals surface area (Å²) in [5.74, 6) is 1.62. The lowest BCUT2D eigenvalue weighted by atomic mass is 10.3. The molecule has 4 nitrogen and oxygen atoms in total. The molecule has 1 fully saturated rings. The zero-order valence-electron chi connectivity index (χ0n) is 10.3. The maximum absolute atomic E-state index is 11.5. The Kier molecular flexibility index (Phi) is 5.42. The molecule has 0 bridgehead atoms. The summed E-state index contributed by atoms with van der Waals surface area (Å²) in [6.07, 6.45) is -0.594. The Morgan fingerprint density at radius 2 is 2.00 bits per heavy atom. The minimum Gasteiger partial charge on any atom is -0.298 e. The van der Waals surface area contributed by atoms with E-state index in [0.29, 0.717) is 15.3 Å². The second-order valence-electron chi connectivity index (χ2n) is 3.86. The van der Waals surface area contributed by atoms with Crippen LogP contribution in [0.15, 0.2) is 29.4 Å². The van der Waals surface area contributed by atoms with Crippen molar-refractivity contribution in [2.75, 3.05) is 16.8 Å². The summed E-state index contributed by atoms with van der Waals surface area (Å²) in [7, 11) is 0. The number of carbonyl (C=O) groups excluding carboxylic acids is 1. The summed E-state index contributed by atoms with van der Waals surface area (Å²) in [5.41, 5.74) is 1.51. The maximum Gasteiger partial charge on any atom is 0.437 e. The van der Waals surface area contributed by atoms with Gasteiger partial charge in [-0.1, -0.05) is 16.8 Å². The van der Waals surface area contributed by atoms with E-state index in [2.05, 4.69) is 17.4 Å². The van der Waals surface area contributed by atoms with Gasteiger partial charge in [-0.3, -0.25) is 10.2 Å². The number of nitrogens with one attached hydrogen (secondary N) is 1. The van der Waals surface area contributed by atoms with Gasteiger partial charge >= 0.3 is 6.09 Å². The van der Waals surface area contributed by atoms with E-state index < -0.39 is 6.09 Å². The molecule has 1 aromatic rings. The fourth-order valence-corrected chi connectivity index (χ4v) is 3.56. The van der Waals surface area contributed by atoms with Crippen LogP contribution in [0.4, 0.5) is 10.5 Å². The Labute approximate surface area is 125 Å². The molecule has 102 valence electrons. The number of carbonyl (C=O) groups is 1. The molecule has 0 radical (unpaired) electrons. The van der Waals surface area contributed by atoms with E-state index in [1.165, 1.54) is 0 Å². The van der Waals surface area contributed by atoms with Crippen LogP contribution in [0.25, 0.3) is 0 Å². The Morgan fingerprint density at radius 1 is 1.37 bits per heavy atom. The number of nitrogens with zero attached hydrogens (tertiary/aromatic N) is 1. The molecule has 1 aliphatic heterocycles. The van der Waals surface area contributed by atoms with E-state index in [9.17, 15) is 4.79 Å². The molecule has 0 aromatic heterocycles. The Morgan fingerprint density at radius 3 is 2.63 bits per heavy atom. The molecule has 1 heterocycles. The third-order valence-electron chi connectivity index (χ3n) is 2.32. The predicted octanol–water partition coefficient (Wildman–Crippen LogP) is 4.07. The van der Waals surface area contributed by atoms with Crippen molar-refractivity contribution in [1.82, 2.24) is 0 Å². The first-order chi connectivity index (χ1) is 9.13. The number of oxime groups is 1. The largest absolute Gasteiger partial charge is 0.437 e. The van der Waals surface area contributed by atoms with Crippen molar-refractivity contribution in [3.8, 4) is 0 Å². The Bertz CT molecular complexity index is 469. The highest BCUT2D eigenvalue weighted by Crippen LogP contribution is 2.28. The summed E-state index contributed by atoms with van der Waals surface area (Å²) in [4.78, 5) is 16.3. The highest BCUT2D eigenvalue weighted by Gasteiger charge is 2.15. The van der Waals surface area contributed by atoms with E-state index in [0.717, 1.165) is 17.2 Å². The highest BCUT2D eigenvalue weighted by molar-refractivity contribution is 8.18. The topological polar surface area (TPSA) is 50.7 Å². The van der Waals surface area contributed by atoms with E-state index in [-0.39, 0.29) is 0 Å². The number of hydrogen-bond donors (Lipinski definition) is 1. The van der Waals surface area contributed by atoms with E-state index in [4.69, 9.17) is 16.4 Å². The first-order valence-corrected chi connectivity index (χ1v) is 8.13. The second kappa shape index (κ2) is 7.07. The zero-order chi connectivity index (χ0) is 13.7. The molecule has 19 heavy (non-hydrogen) atoms. The fourth-order valence-electron chi connectivity index (χ4n) is 1.35. The van der Waals surface area contributed by atoms with Crippen LogP contribution < -0.4 is 5.32 Å². The van der Waals surface area contributed by atoms with Gasteiger partial charge in [0.25, 0.3) is 0 Å². The van der Waals surface area contributed by atoms with E-state index in [1.54, 1.807) is 47.8 Å². The van der Waals surface area contributed by atoms with Crippen LogP contribution >= 0.6 is 35.1 Å². The molecule has 1 aliphatic rings. The third kappa shape index (κ3) is 4.97. The molecule has 7 heteroatoms. The molecule has 1 N–H and O–H groups in total. The van der Waals surface area contributed by atoms with Crippen LogP contribution in [0.5, 0.6) is 0 Å². The highest BCUT2D eigenvalue weighted by atomic mass is 35.5. The smallest absolute Gasteiger partial charge is 0.298 e. The van der Waals surface area contributed by atoms with Gasteiger partial charge in [0.15, 0.2) is 0 Å². The van der Waals surface area contributed by atoms with Crippen molar-refractivity contribution >= 4 is 52.6 Å². The number of rotatable bonds is 2. The van der Waals surface area contributed by atoms with Crippen LogP contribution in [-0.2, 0) is 4.84 Å². The van der Waals surface area contributed by atoms with Crippen LogP contribution in [0.1, 0.15) is 6.92 Å². The number of thioether (sulfide) groups is 2. The summed E-state index contributed by atoms with van der Waals surface area (Å²) in [5, 5.41) is 7.06. The van der Waals surface area contributed by atoms with Crippen LogP contribution in [-0.4, -0.2) is 27.9 Å². The molecule has 1 saturated heterocycles. The second-order valence-corrected chi connectivity index (χ2v) is 7.25. The minimum atomic E-state index is -0.594. The molecule has 0 aliphatic carbocycles. The Hall–Kier alpha value is -0.850. The van der Waals surface area contributed by atoms with Gasteiger partial charge in [-0.25, -0.2) is 4.79 Å². The molecule has 0 atom stereocenters. The first-order valence-electron chi connectivity index (χ1n) is 5.66. The lowest BCUT2D eigenvalue weighted by Crippen LogP contribution is -2.18. The van der Waals surface area contributed by atoms with Crippen LogP contribution in [0.2, 0.25) is 5.02 Å². The number of anilines is 1. The first kappa shape index (κ1) is 14.6. The average Bonchev–Trinajstić information content (AvgIpc) is 2.41. The van der Waals surface area contributed by atoms with Gasteiger partial charge in [0.2, 0.25) is 0 Å². The summed E-state index contributed by atoms with van der Waals surface area (Å²) < 4.78 is 0.571. The fraction of sp³-hybridized carbons (Fsp3) is 0.333. The summed E-state index contributed by atoms with van der Waals surface area (Å²) in [6.45, 7) is 2.15. The van der Waals surface area contributed by atoms with Gasteiger partial charge in [0.1, 0.15) is 0 Å². The molecule has 0 saturated carbocycles. The summed E-state index contributed by atoms with van der Waals surface area (Å²) in [6, 6.07) is 6.78. The average molecular weight is 317 g/mol. The van der Waals surface area contributed by atoms with Crippen molar-refractivity contribution in [1.29, 1.82) is 0 Å². The quantitative estimate of drug-likeness (QED) is 0.660. The van der Waals surface area contributed by atoms with Crippen LogP contribution in [0, 0.1) is 0 Å². The molecule has 1 amide bonds. The SMILES string of the molecule is CC1SCC(=NOC(=O)Nc2ccc(Cl)cc2)CS1. The minimum absolute atomic E-state index is 0.571. The third-order valence-corrected chi connectivity index (χ3v) is 5.32. The van der Waals surface area contributed by atoms with Crippen molar-refractivity contribution in [2.45, 2.75) is 11.5 Å². The van der Waals surface area contributed by atoms with Crippen molar-refractivity contribution < 1.29 is 9.63 Å². The van der Waals surface area contributed by atoms with Crippen molar-refractivity contribution in [3.63, 3.8) is 0 Å². The van der Waals surface area contributed by atoms with Gasteiger partial charge in [-0.2, -0.15) is 0 Å². The zero-order valence-corrected chi connectivity index (χ0v) is 12.6. The predicted molar refractivity (Wildman–Crippen MR) is 83.4 cm³/mol. The lowest BCUT2D eigenvalue weighted by Gasteiger charge is -2.17. The number of benzene rings is 1. The van der Waals surface area contributed by atoms with Gasteiger partial charge in [-0.15, -0.1) is 23.5 Å². The number of amides is 1. The van der Waals surface area contributed by atoms with Crippen molar-refractivity contribution in [2.24, 2.45) is 5.16 Å². The number of hydrogen-bond acceptors (Lipinski definition) is 5. The standard InChI is InChI=1S/C12H13ClN2O2S2/c1-8-18-6-11(7-19-8)15-17-12(16)14-10-4-2-9(13)3-5-10/h2-5,8H,6-7H2,1H3,(H,14,16). The maximum atomic E-state index is 11.5. The van der Waals surface area contributed by atoms with Gasteiger partial charge in [0.05, 0.1) is 5.71 Å². The van der Waals surface area contributed by atoms with E-state index in [1.807, 2.05) is 0 Å². The lowest BCUT2D eigenvalue weighted by molar-refractivity contribution is 0.166. The molecule has 0 unspecified atom stereocenters. The van der Waals surface area contributed by atoms with E-state index >= 15 is 0 Å². The Balaban J connectivity index is 1.81. The molecule has 2 rings (SSSR count). The van der Waals surface area contributed by atoms with Crippen LogP contribution in [0.3, 0.4) is 0 Å². The molecular formula is C12H13ClN2O2S2. The van der Waals surface area contributed by atoms with Gasteiger partial charge < -0.3 is 0 Å². The van der Waals surface area contributed by atoms with Crippen molar-refractivity contribution in [3.05, 3.63) is 29.3 Å². The number of halogens is 1. The molecule has 1 aromatic carbocycles. The monoisotopic (exact) mass is 316 g/mol. The normalized spacial score (nSPS) is 18.8.